The second kappa shape index (κ2) is 7.70. The van der Waals surface area contributed by atoms with Gasteiger partial charge in [0.15, 0.2) is 0 Å². The second-order valence-corrected chi connectivity index (χ2v) is 6.39. The molecule has 0 aromatic carbocycles. The number of carbonyl (C=O) groups is 1. The Balaban J connectivity index is 2.31. The molecule has 1 aliphatic heterocycles. The number of methoxy groups -OCH3 is 1. The Kier molecular flexibility index (Phi) is 6.59. The van der Waals surface area contributed by atoms with E-state index in [1.807, 2.05) is 0 Å². The van der Waals surface area contributed by atoms with Crippen molar-refractivity contribution in [2.45, 2.75) is 38.1 Å². The Hall–Kier alpha value is -0.660. The zero-order valence-electron chi connectivity index (χ0n) is 10.8. The molecule has 1 fully saturated rings. The summed E-state index contributed by atoms with van der Waals surface area (Å²) in [6, 6.07) is -0.0318. The zero-order valence-corrected chi connectivity index (χ0v) is 11.6. The first kappa shape index (κ1) is 15.4. The Labute approximate surface area is 109 Å². The van der Waals surface area contributed by atoms with Gasteiger partial charge >= 0.3 is 5.97 Å². The van der Waals surface area contributed by atoms with Gasteiger partial charge in [-0.15, -0.1) is 0 Å². The predicted molar refractivity (Wildman–Crippen MR) is 68.7 cm³/mol. The first-order chi connectivity index (χ1) is 8.53. The second-order valence-electron chi connectivity index (χ2n) is 4.51. The molecule has 1 unspecified atom stereocenters. The fourth-order valence-corrected chi connectivity index (χ4v) is 3.29. The van der Waals surface area contributed by atoms with Crippen LogP contribution in [0.5, 0.6) is 0 Å². The molecular weight excluding hydrogens is 256 g/mol. The van der Waals surface area contributed by atoms with Crippen LogP contribution >= 0.6 is 0 Å². The van der Waals surface area contributed by atoms with Crippen molar-refractivity contribution >= 4 is 16.0 Å². The third kappa shape index (κ3) is 6.32. The predicted octanol–water partition coefficient (Wildman–Crippen LogP) is 0.00110. The van der Waals surface area contributed by atoms with E-state index in [0.29, 0.717) is 13.0 Å². The van der Waals surface area contributed by atoms with E-state index in [4.69, 9.17) is 0 Å². The lowest BCUT2D eigenvalue weighted by molar-refractivity contribution is -0.140. The molecule has 0 saturated carbocycles. The molecule has 1 rings (SSSR count). The third-order valence-corrected chi connectivity index (χ3v) is 4.43. The number of carbonyl (C=O) groups excluding carboxylic acids is 1. The molecule has 7 heteroatoms. The minimum absolute atomic E-state index is 0.0292. The molecule has 0 aromatic rings. The van der Waals surface area contributed by atoms with Crippen LogP contribution < -0.4 is 10.0 Å². The molecule has 0 aromatic heterocycles. The van der Waals surface area contributed by atoms with E-state index in [2.05, 4.69) is 14.8 Å². The molecule has 1 aliphatic rings. The van der Waals surface area contributed by atoms with Crippen molar-refractivity contribution in [3.63, 3.8) is 0 Å². The summed E-state index contributed by atoms with van der Waals surface area (Å²) in [6.07, 6.45) is 3.41. The maximum atomic E-state index is 11.8. The molecule has 1 atom stereocenters. The van der Waals surface area contributed by atoms with Gasteiger partial charge in [0.05, 0.1) is 12.9 Å². The fourth-order valence-electron chi connectivity index (χ4n) is 1.94. The molecule has 6 nitrogen and oxygen atoms in total. The topological polar surface area (TPSA) is 84.5 Å². The van der Waals surface area contributed by atoms with E-state index in [0.717, 1.165) is 25.8 Å². The monoisotopic (exact) mass is 278 g/mol. The number of ether oxygens (including phenoxy) is 1. The summed E-state index contributed by atoms with van der Waals surface area (Å²) in [7, 11) is -2.00. The normalized spacial score (nSPS) is 21.3. The van der Waals surface area contributed by atoms with Crippen molar-refractivity contribution in [3.05, 3.63) is 0 Å². The quantitative estimate of drug-likeness (QED) is 0.668. The lowest BCUT2D eigenvalue weighted by atomic mass is 10.2. The highest BCUT2D eigenvalue weighted by Gasteiger charge is 2.19. The lowest BCUT2D eigenvalue weighted by Gasteiger charge is -2.16. The summed E-state index contributed by atoms with van der Waals surface area (Å²) < 4.78 is 30.7. The molecule has 0 spiro atoms. The maximum Gasteiger partial charge on any atom is 0.305 e. The van der Waals surface area contributed by atoms with E-state index in [1.165, 1.54) is 7.11 Å². The van der Waals surface area contributed by atoms with Gasteiger partial charge in [-0.05, 0) is 25.8 Å². The van der Waals surface area contributed by atoms with Crippen LogP contribution in [0, 0.1) is 0 Å². The summed E-state index contributed by atoms with van der Waals surface area (Å²) in [5, 5.41) is 3.20. The van der Waals surface area contributed by atoms with Crippen molar-refractivity contribution in [1.82, 2.24) is 10.0 Å². The molecule has 1 saturated heterocycles. The van der Waals surface area contributed by atoms with Crippen molar-refractivity contribution in [2.75, 3.05) is 26.0 Å². The summed E-state index contributed by atoms with van der Waals surface area (Å²) in [5.74, 6) is -0.403. The summed E-state index contributed by atoms with van der Waals surface area (Å²) in [5.41, 5.74) is 0. The van der Waals surface area contributed by atoms with Crippen LogP contribution in [0.2, 0.25) is 0 Å². The average Bonchev–Trinajstić information content (AvgIpc) is 2.56. The Bertz CT molecular complexity index is 348. The van der Waals surface area contributed by atoms with Gasteiger partial charge in [0, 0.05) is 19.0 Å². The van der Waals surface area contributed by atoms with Crippen molar-refractivity contribution in [1.29, 1.82) is 0 Å². The Morgan fingerprint density at radius 3 is 2.94 bits per heavy atom. The minimum atomic E-state index is -3.30. The molecule has 0 bridgehead atoms. The van der Waals surface area contributed by atoms with Gasteiger partial charge < -0.3 is 10.1 Å². The van der Waals surface area contributed by atoms with E-state index in [-0.39, 0.29) is 24.2 Å². The van der Waals surface area contributed by atoms with Crippen LogP contribution in [-0.4, -0.2) is 46.4 Å². The SMILES string of the molecule is COC(=O)CCCS(=O)(=O)NC1CCCCNC1. The number of esters is 1. The average molecular weight is 278 g/mol. The standard InChI is InChI=1S/C11H22N2O4S/c1-17-11(14)6-4-8-18(15,16)13-10-5-2-3-7-12-9-10/h10,12-13H,2-9H2,1H3. The van der Waals surface area contributed by atoms with Gasteiger partial charge in [-0.1, -0.05) is 6.42 Å². The van der Waals surface area contributed by atoms with E-state index >= 15 is 0 Å². The van der Waals surface area contributed by atoms with Crippen molar-refractivity contribution < 1.29 is 17.9 Å². The molecular formula is C11H22N2O4S. The highest BCUT2D eigenvalue weighted by molar-refractivity contribution is 7.89. The number of nitrogens with one attached hydrogen (secondary N) is 2. The molecule has 1 heterocycles. The number of sulfonamides is 1. The first-order valence-electron chi connectivity index (χ1n) is 6.31. The first-order valence-corrected chi connectivity index (χ1v) is 7.96. The van der Waals surface area contributed by atoms with Gasteiger partial charge in [0.1, 0.15) is 0 Å². The fraction of sp³-hybridized carbons (Fsp3) is 0.909. The van der Waals surface area contributed by atoms with Crippen LogP contribution in [0.15, 0.2) is 0 Å². The van der Waals surface area contributed by atoms with Crippen LogP contribution in [0.1, 0.15) is 32.1 Å². The van der Waals surface area contributed by atoms with Gasteiger partial charge in [0.2, 0.25) is 10.0 Å². The molecule has 18 heavy (non-hydrogen) atoms. The van der Waals surface area contributed by atoms with E-state index in [9.17, 15) is 13.2 Å². The molecule has 0 amide bonds. The van der Waals surface area contributed by atoms with E-state index < -0.39 is 10.0 Å². The molecule has 106 valence electrons. The molecule has 2 N–H and O–H groups in total. The minimum Gasteiger partial charge on any atom is -0.469 e. The summed E-state index contributed by atoms with van der Waals surface area (Å²) in [4.78, 5) is 10.9. The Morgan fingerprint density at radius 1 is 1.44 bits per heavy atom. The maximum absolute atomic E-state index is 11.8. The Morgan fingerprint density at radius 2 is 2.22 bits per heavy atom. The molecule has 0 aliphatic carbocycles. The zero-order chi connectivity index (χ0) is 13.4. The van der Waals surface area contributed by atoms with Crippen molar-refractivity contribution in [2.24, 2.45) is 0 Å². The van der Waals surface area contributed by atoms with Gasteiger partial charge in [-0.3, -0.25) is 4.79 Å². The van der Waals surface area contributed by atoms with Crippen LogP contribution in [0.3, 0.4) is 0 Å². The summed E-state index contributed by atoms with van der Waals surface area (Å²) >= 11 is 0. The number of rotatable bonds is 6. The largest absolute Gasteiger partial charge is 0.469 e. The van der Waals surface area contributed by atoms with Crippen LogP contribution in [-0.2, 0) is 19.6 Å². The van der Waals surface area contributed by atoms with Crippen LogP contribution in [0.25, 0.3) is 0 Å². The number of hydrogen-bond donors (Lipinski definition) is 2. The lowest BCUT2D eigenvalue weighted by Crippen LogP contribution is -2.41. The molecule has 0 radical (unpaired) electrons. The van der Waals surface area contributed by atoms with Crippen LogP contribution in [0.4, 0.5) is 0 Å². The smallest absolute Gasteiger partial charge is 0.305 e. The van der Waals surface area contributed by atoms with Gasteiger partial charge in [-0.25, -0.2) is 13.1 Å². The van der Waals surface area contributed by atoms with E-state index in [1.54, 1.807) is 0 Å². The van der Waals surface area contributed by atoms with Crippen molar-refractivity contribution in [3.8, 4) is 0 Å². The third-order valence-electron chi connectivity index (χ3n) is 2.91. The summed E-state index contributed by atoms with van der Waals surface area (Å²) in [6.45, 7) is 1.62. The highest BCUT2D eigenvalue weighted by Crippen LogP contribution is 2.06. The highest BCUT2D eigenvalue weighted by atomic mass is 32.2. The number of hydrogen-bond acceptors (Lipinski definition) is 5. The van der Waals surface area contributed by atoms with Gasteiger partial charge in [-0.2, -0.15) is 0 Å². The van der Waals surface area contributed by atoms with Gasteiger partial charge in [0.25, 0.3) is 0 Å².